The fourth-order valence-electron chi connectivity index (χ4n) is 2.01. The average Bonchev–Trinajstić information content (AvgIpc) is 2.68. The Kier molecular flexibility index (Phi) is 3.30. The Bertz CT molecular complexity index is 312. The molecule has 0 spiro atoms. The molecule has 0 bridgehead atoms. The van der Waals surface area contributed by atoms with E-state index in [1.165, 1.54) is 12.1 Å². The second kappa shape index (κ2) is 4.70. The van der Waals surface area contributed by atoms with E-state index in [9.17, 15) is 4.39 Å². The Labute approximate surface area is 89.0 Å². The van der Waals surface area contributed by atoms with Crippen molar-refractivity contribution in [3.63, 3.8) is 0 Å². The van der Waals surface area contributed by atoms with Gasteiger partial charge in [-0.3, -0.25) is 5.43 Å². The molecule has 1 aliphatic rings. The van der Waals surface area contributed by atoms with Crippen LogP contribution in [0, 0.1) is 11.7 Å². The number of benzene rings is 1. The predicted molar refractivity (Wildman–Crippen MR) is 57.7 cm³/mol. The second-order valence-corrected chi connectivity index (χ2v) is 3.87. The number of hydrogen-bond acceptors (Lipinski definition) is 3. The highest BCUT2D eigenvalue weighted by atomic mass is 19.1. The van der Waals surface area contributed by atoms with Crippen molar-refractivity contribution in [3.05, 3.63) is 35.6 Å². The standard InChI is InChI=1S/C11H16FN3/c1-13-6-9-7-14-15-11(9)8-2-4-10(12)5-3-8/h2-5,9,11,13-15H,6-7H2,1H3. The van der Waals surface area contributed by atoms with Crippen molar-refractivity contribution < 1.29 is 4.39 Å². The lowest BCUT2D eigenvalue weighted by Gasteiger charge is -2.18. The summed E-state index contributed by atoms with van der Waals surface area (Å²) in [6.07, 6.45) is 0. The normalized spacial score (nSPS) is 25.7. The number of nitrogens with one attached hydrogen (secondary N) is 3. The van der Waals surface area contributed by atoms with Gasteiger partial charge in [0, 0.05) is 19.0 Å². The zero-order valence-electron chi connectivity index (χ0n) is 8.76. The van der Waals surface area contributed by atoms with Crippen LogP contribution in [-0.2, 0) is 0 Å². The van der Waals surface area contributed by atoms with Crippen molar-refractivity contribution in [3.8, 4) is 0 Å². The second-order valence-electron chi connectivity index (χ2n) is 3.87. The molecule has 1 aromatic carbocycles. The van der Waals surface area contributed by atoms with E-state index in [4.69, 9.17) is 0 Å². The molecule has 3 N–H and O–H groups in total. The van der Waals surface area contributed by atoms with E-state index in [1.54, 1.807) is 0 Å². The molecule has 82 valence electrons. The molecule has 15 heavy (non-hydrogen) atoms. The Morgan fingerprint density at radius 2 is 2.13 bits per heavy atom. The summed E-state index contributed by atoms with van der Waals surface area (Å²) in [6.45, 7) is 1.88. The van der Waals surface area contributed by atoms with Crippen LogP contribution in [0.2, 0.25) is 0 Å². The molecule has 1 fully saturated rings. The number of halogens is 1. The summed E-state index contributed by atoms with van der Waals surface area (Å²) in [7, 11) is 1.94. The predicted octanol–water partition coefficient (Wildman–Crippen LogP) is 0.810. The average molecular weight is 209 g/mol. The molecule has 1 saturated heterocycles. The molecule has 0 amide bonds. The Morgan fingerprint density at radius 3 is 2.80 bits per heavy atom. The summed E-state index contributed by atoms with van der Waals surface area (Å²) in [6, 6.07) is 6.95. The largest absolute Gasteiger partial charge is 0.319 e. The molecule has 4 heteroatoms. The lowest BCUT2D eigenvalue weighted by atomic mass is 9.95. The van der Waals surface area contributed by atoms with Gasteiger partial charge in [-0.05, 0) is 24.7 Å². The summed E-state index contributed by atoms with van der Waals surface area (Å²) in [5.41, 5.74) is 7.48. The van der Waals surface area contributed by atoms with E-state index in [2.05, 4.69) is 16.2 Å². The summed E-state index contributed by atoms with van der Waals surface area (Å²) in [4.78, 5) is 0. The first-order valence-corrected chi connectivity index (χ1v) is 5.19. The van der Waals surface area contributed by atoms with Crippen LogP contribution >= 0.6 is 0 Å². The third kappa shape index (κ3) is 2.34. The van der Waals surface area contributed by atoms with Crippen molar-refractivity contribution >= 4 is 0 Å². The lowest BCUT2D eigenvalue weighted by molar-refractivity contribution is 0.457. The molecule has 2 rings (SSSR count). The topological polar surface area (TPSA) is 36.1 Å². The van der Waals surface area contributed by atoms with Gasteiger partial charge >= 0.3 is 0 Å². The molecule has 0 aromatic heterocycles. The Morgan fingerprint density at radius 1 is 1.40 bits per heavy atom. The maximum atomic E-state index is 12.8. The van der Waals surface area contributed by atoms with E-state index in [-0.39, 0.29) is 11.9 Å². The van der Waals surface area contributed by atoms with E-state index >= 15 is 0 Å². The van der Waals surface area contributed by atoms with Gasteiger partial charge in [-0.15, -0.1) is 0 Å². The van der Waals surface area contributed by atoms with E-state index in [1.807, 2.05) is 19.2 Å². The minimum absolute atomic E-state index is 0.185. The van der Waals surface area contributed by atoms with Crippen LogP contribution in [0.25, 0.3) is 0 Å². The molecular weight excluding hydrogens is 193 g/mol. The molecule has 1 heterocycles. The van der Waals surface area contributed by atoms with Gasteiger partial charge < -0.3 is 5.32 Å². The number of hydrazine groups is 1. The lowest BCUT2D eigenvalue weighted by Crippen LogP contribution is -2.27. The maximum Gasteiger partial charge on any atom is 0.123 e. The van der Waals surface area contributed by atoms with Gasteiger partial charge in [0.2, 0.25) is 0 Å². The SMILES string of the molecule is CNCC1CNNC1c1ccc(F)cc1. The van der Waals surface area contributed by atoms with Gasteiger partial charge in [0.1, 0.15) is 5.82 Å². The molecule has 2 unspecified atom stereocenters. The molecule has 0 saturated carbocycles. The molecule has 3 nitrogen and oxygen atoms in total. The van der Waals surface area contributed by atoms with Crippen LogP contribution in [0.15, 0.2) is 24.3 Å². The van der Waals surface area contributed by atoms with Gasteiger partial charge in [0.25, 0.3) is 0 Å². The van der Waals surface area contributed by atoms with Crippen LogP contribution in [0.1, 0.15) is 11.6 Å². The van der Waals surface area contributed by atoms with Gasteiger partial charge in [-0.1, -0.05) is 12.1 Å². The first-order valence-electron chi connectivity index (χ1n) is 5.19. The van der Waals surface area contributed by atoms with Crippen LogP contribution in [0.4, 0.5) is 4.39 Å². The maximum absolute atomic E-state index is 12.8. The van der Waals surface area contributed by atoms with E-state index in [0.717, 1.165) is 18.7 Å². The monoisotopic (exact) mass is 209 g/mol. The van der Waals surface area contributed by atoms with Crippen molar-refractivity contribution in [2.45, 2.75) is 6.04 Å². The highest BCUT2D eigenvalue weighted by Crippen LogP contribution is 2.24. The third-order valence-electron chi connectivity index (χ3n) is 2.79. The Balaban J connectivity index is 2.11. The molecule has 1 aliphatic heterocycles. The fourth-order valence-corrected chi connectivity index (χ4v) is 2.01. The summed E-state index contributed by atoms with van der Waals surface area (Å²) in [5.74, 6) is 0.315. The number of rotatable bonds is 3. The zero-order valence-corrected chi connectivity index (χ0v) is 8.76. The quantitative estimate of drug-likeness (QED) is 0.689. The van der Waals surface area contributed by atoms with E-state index in [0.29, 0.717) is 5.92 Å². The van der Waals surface area contributed by atoms with Gasteiger partial charge in [0.15, 0.2) is 0 Å². The van der Waals surface area contributed by atoms with Crippen molar-refractivity contribution in [1.82, 2.24) is 16.2 Å². The fraction of sp³-hybridized carbons (Fsp3) is 0.455. The number of hydrogen-bond donors (Lipinski definition) is 3. The summed E-state index contributed by atoms with van der Waals surface area (Å²) >= 11 is 0. The van der Waals surface area contributed by atoms with Crippen LogP contribution in [0.3, 0.4) is 0 Å². The van der Waals surface area contributed by atoms with Crippen molar-refractivity contribution in [2.75, 3.05) is 20.1 Å². The molecule has 0 radical (unpaired) electrons. The minimum Gasteiger partial charge on any atom is -0.319 e. The van der Waals surface area contributed by atoms with Crippen molar-refractivity contribution in [2.24, 2.45) is 5.92 Å². The molecular formula is C11H16FN3. The highest BCUT2D eigenvalue weighted by molar-refractivity contribution is 5.21. The van der Waals surface area contributed by atoms with Crippen LogP contribution in [0.5, 0.6) is 0 Å². The minimum atomic E-state index is -0.185. The Hall–Kier alpha value is -0.970. The van der Waals surface area contributed by atoms with E-state index < -0.39 is 0 Å². The van der Waals surface area contributed by atoms with Gasteiger partial charge in [-0.25, -0.2) is 9.82 Å². The van der Waals surface area contributed by atoms with Crippen molar-refractivity contribution in [1.29, 1.82) is 0 Å². The highest BCUT2D eigenvalue weighted by Gasteiger charge is 2.27. The third-order valence-corrected chi connectivity index (χ3v) is 2.79. The first kappa shape index (κ1) is 10.5. The molecule has 0 aliphatic carbocycles. The summed E-state index contributed by atoms with van der Waals surface area (Å²) in [5, 5.41) is 3.17. The van der Waals surface area contributed by atoms with Gasteiger partial charge in [0.05, 0.1) is 6.04 Å². The van der Waals surface area contributed by atoms with Crippen LogP contribution < -0.4 is 16.2 Å². The summed E-state index contributed by atoms with van der Waals surface area (Å²) < 4.78 is 12.8. The smallest absolute Gasteiger partial charge is 0.123 e. The molecule has 1 aromatic rings. The molecule has 2 atom stereocenters. The van der Waals surface area contributed by atoms with Gasteiger partial charge in [-0.2, -0.15) is 0 Å². The zero-order chi connectivity index (χ0) is 10.7. The first-order chi connectivity index (χ1) is 7.31. The van der Waals surface area contributed by atoms with Crippen LogP contribution in [-0.4, -0.2) is 20.1 Å².